The van der Waals surface area contributed by atoms with E-state index in [9.17, 15) is 14.4 Å². The van der Waals surface area contributed by atoms with E-state index in [0.717, 1.165) is 0 Å². The molecule has 3 atom stereocenters. The SMILES string of the molecule is CCOC(=O)C12CCC(OC(C)=O)C(CC1)C2=O. The number of Topliss-reactive ketones (excluding diaryl/α,β-unsaturated/α-hetero) is 1. The van der Waals surface area contributed by atoms with Crippen LogP contribution in [0.1, 0.15) is 39.5 Å². The number of fused-ring (bicyclic) bond motifs is 2. The summed E-state index contributed by atoms with van der Waals surface area (Å²) < 4.78 is 10.2. The van der Waals surface area contributed by atoms with E-state index in [-0.39, 0.29) is 30.4 Å². The Morgan fingerprint density at radius 3 is 2.61 bits per heavy atom. The molecule has 0 amide bonds. The largest absolute Gasteiger partial charge is 0.465 e. The molecule has 0 heterocycles. The Morgan fingerprint density at radius 1 is 1.33 bits per heavy atom. The Kier molecular flexibility index (Phi) is 3.41. The second kappa shape index (κ2) is 4.71. The third kappa shape index (κ3) is 1.91. The molecule has 2 rings (SSSR count). The van der Waals surface area contributed by atoms with Crippen molar-refractivity contribution < 1.29 is 23.9 Å². The Morgan fingerprint density at radius 2 is 2.00 bits per heavy atom. The lowest BCUT2D eigenvalue weighted by atomic mass is 9.73. The number of hydrogen-bond donors (Lipinski definition) is 0. The van der Waals surface area contributed by atoms with Crippen LogP contribution in [0.4, 0.5) is 0 Å². The van der Waals surface area contributed by atoms with Crippen LogP contribution in [0, 0.1) is 11.3 Å². The zero-order valence-electron chi connectivity index (χ0n) is 10.7. The molecule has 100 valence electrons. The summed E-state index contributed by atoms with van der Waals surface area (Å²) in [5.74, 6) is -1.20. The number of ketones is 1. The molecule has 0 N–H and O–H groups in total. The Bertz CT molecular complexity index is 389. The molecule has 5 heteroatoms. The topological polar surface area (TPSA) is 69.7 Å². The standard InChI is InChI=1S/C13H18O5/c1-3-17-12(16)13-6-4-9(11(13)15)10(5-7-13)18-8(2)14/h9-10H,3-7H2,1-2H3. The first-order valence-corrected chi connectivity index (χ1v) is 6.40. The predicted molar refractivity (Wildman–Crippen MR) is 61.6 cm³/mol. The van der Waals surface area contributed by atoms with E-state index in [2.05, 4.69) is 0 Å². The lowest BCUT2D eigenvalue weighted by Gasteiger charge is -2.33. The van der Waals surface area contributed by atoms with Gasteiger partial charge in [0.1, 0.15) is 11.5 Å². The van der Waals surface area contributed by atoms with Gasteiger partial charge in [-0.1, -0.05) is 0 Å². The number of esters is 2. The fraction of sp³-hybridized carbons (Fsp3) is 0.769. The molecule has 0 radical (unpaired) electrons. The highest BCUT2D eigenvalue weighted by molar-refractivity contribution is 6.07. The molecule has 5 nitrogen and oxygen atoms in total. The van der Waals surface area contributed by atoms with Gasteiger partial charge in [0.05, 0.1) is 12.5 Å². The average Bonchev–Trinajstić information content (AvgIpc) is 2.52. The van der Waals surface area contributed by atoms with Gasteiger partial charge in [0.2, 0.25) is 0 Å². The summed E-state index contributed by atoms with van der Waals surface area (Å²) in [4.78, 5) is 35.3. The van der Waals surface area contributed by atoms with Crippen molar-refractivity contribution in [2.45, 2.75) is 45.6 Å². The summed E-state index contributed by atoms with van der Waals surface area (Å²) in [7, 11) is 0. The van der Waals surface area contributed by atoms with Crippen molar-refractivity contribution in [3.63, 3.8) is 0 Å². The van der Waals surface area contributed by atoms with E-state index in [1.54, 1.807) is 6.92 Å². The van der Waals surface area contributed by atoms with Gasteiger partial charge in [-0.05, 0) is 32.6 Å². The molecule has 0 aromatic rings. The summed E-state index contributed by atoms with van der Waals surface area (Å²) in [6.07, 6.45) is 1.76. The summed E-state index contributed by atoms with van der Waals surface area (Å²) in [5.41, 5.74) is -0.961. The quantitative estimate of drug-likeness (QED) is 0.560. The maximum Gasteiger partial charge on any atom is 0.319 e. The lowest BCUT2D eigenvalue weighted by Crippen LogP contribution is -2.46. The van der Waals surface area contributed by atoms with Crippen molar-refractivity contribution in [2.24, 2.45) is 11.3 Å². The zero-order valence-corrected chi connectivity index (χ0v) is 10.7. The molecule has 2 fully saturated rings. The minimum atomic E-state index is -0.961. The fourth-order valence-electron chi connectivity index (χ4n) is 3.13. The Balaban J connectivity index is 2.15. The smallest absolute Gasteiger partial charge is 0.319 e. The van der Waals surface area contributed by atoms with Crippen molar-refractivity contribution in [3.8, 4) is 0 Å². The van der Waals surface area contributed by atoms with Crippen LogP contribution in [-0.4, -0.2) is 30.4 Å². The first-order chi connectivity index (χ1) is 8.51. The number of carbonyl (C=O) groups excluding carboxylic acids is 3. The van der Waals surface area contributed by atoms with Crippen LogP contribution in [0.15, 0.2) is 0 Å². The second-order valence-electron chi connectivity index (χ2n) is 5.00. The predicted octanol–water partition coefficient (Wildman–Crippen LogP) is 1.24. The van der Waals surface area contributed by atoms with Crippen molar-refractivity contribution in [2.75, 3.05) is 6.61 Å². The van der Waals surface area contributed by atoms with Gasteiger partial charge in [-0.3, -0.25) is 14.4 Å². The van der Waals surface area contributed by atoms with Crippen molar-refractivity contribution in [3.05, 3.63) is 0 Å². The van der Waals surface area contributed by atoms with Gasteiger partial charge in [0.15, 0.2) is 5.78 Å². The molecule has 3 unspecified atom stereocenters. The Labute approximate surface area is 106 Å². The number of ether oxygens (including phenoxy) is 2. The first kappa shape index (κ1) is 13.1. The van der Waals surface area contributed by atoms with Crippen LogP contribution >= 0.6 is 0 Å². The maximum atomic E-state index is 12.3. The maximum absolute atomic E-state index is 12.3. The fourth-order valence-corrected chi connectivity index (χ4v) is 3.13. The molecule has 0 aliphatic heterocycles. The van der Waals surface area contributed by atoms with E-state index in [1.807, 2.05) is 0 Å². The van der Waals surface area contributed by atoms with E-state index in [1.165, 1.54) is 6.92 Å². The molecule has 2 aliphatic carbocycles. The Hall–Kier alpha value is -1.39. The normalized spacial score (nSPS) is 34.2. The van der Waals surface area contributed by atoms with Crippen molar-refractivity contribution in [1.82, 2.24) is 0 Å². The molecule has 0 aromatic heterocycles. The highest BCUT2D eigenvalue weighted by Crippen LogP contribution is 2.50. The number of rotatable bonds is 3. The highest BCUT2D eigenvalue weighted by atomic mass is 16.5. The monoisotopic (exact) mass is 254 g/mol. The van der Waals surface area contributed by atoms with Gasteiger partial charge < -0.3 is 9.47 Å². The van der Waals surface area contributed by atoms with Crippen LogP contribution in [0.3, 0.4) is 0 Å². The second-order valence-corrected chi connectivity index (χ2v) is 5.00. The van der Waals surface area contributed by atoms with Gasteiger partial charge >= 0.3 is 11.9 Å². The molecule has 0 saturated heterocycles. The van der Waals surface area contributed by atoms with E-state index in [0.29, 0.717) is 25.7 Å². The lowest BCUT2D eigenvalue weighted by molar-refractivity contribution is -0.165. The molecule has 0 aromatic carbocycles. The van der Waals surface area contributed by atoms with Crippen molar-refractivity contribution >= 4 is 17.7 Å². The number of hydrogen-bond acceptors (Lipinski definition) is 5. The molecule has 2 bridgehead atoms. The van der Waals surface area contributed by atoms with Crippen molar-refractivity contribution in [1.29, 1.82) is 0 Å². The van der Waals surface area contributed by atoms with Gasteiger partial charge in [0, 0.05) is 6.92 Å². The third-order valence-electron chi connectivity index (χ3n) is 3.98. The van der Waals surface area contributed by atoms with Crippen LogP contribution < -0.4 is 0 Å². The van der Waals surface area contributed by atoms with Crippen LogP contribution in [0.2, 0.25) is 0 Å². The van der Waals surface area contributed by atoms with Gasteiger partial charge in [-0.25, -0.2) is 0 Å². The summed E-state index contributed by atoms with van der Waals surface area (Å²) in [6.45, 7) is 3.36. The molecule has 18 heavy (non-hydrogen) atoms. The third-order valence-corrected chi connectivity index (χ3v) is 3.98. The molecule has 2 saturated carbocycles. The van der Waals surface area contributed by atoms with Crippen LogP contribution in [-0.2, 0) is 23.9 Å². The van der Waals surface area contributed by atoms with E-state index in [4.69, 9.17) is 9.47 Å². The minimum Gasteiger partial charge on any atom is -0.465 e. The van der Waals surface area contributed by atoms with Crippen LogP contribution in [0.25, 0.3) is 0 Å². The van der Waals surface area contributed by atoms with Gasteiger partial charge in [-0.2, -0.15) is 0 Å². The van der Waals surface area contributed by atoms with Gasteiger partial charge in [0.25, 0.3) is 0 Å². The van der Waals surface area contributed by atoms with E-state index < -0.39 is 11.4 Å². The van der Waals surface area contributed by atoms with Gasteiger partial charge in [-0.15, -0.1) is 0 Å². The molecular formula is C13H18O5. The molecule has 2 aliphatic rings. The van der Waals surface area contributed by atoms with E-state index >= 15 is 0 Å². The summed E-state index contributed by atoms with van der Waals surface area (Å²) >= 11 is 0. The molecular weight excluding hydrogens is 236 g/mol. The molecule has 0 spiro atoms. The number of carbonyl (C=O) groups is 3. The minimum absolute atomic E-state index is 0.0987. The highest BCUT2D eigenvalue weighted by Gasteiger charge is 2.59. The summed E-state index contributed by atoms with van der Waals surface area (Å²) in [5, 5.41) is 0. The van der Waals surface area contributed by atoms with Crippen LogP contribution in [0.5, 0.6) is 0 Å². The first-order valence-electron chi connectivity index (χ1n) is 6.40. The summed E-state index contributed by atoms with van der Waals surface area (Å²) in [6, 6.07) is 0. The average molecular weight is 254 g/mol. The zero-order chi connectivity index (χ0) is 13.3.